The largest absolute Gasteiger partial charge is 0.478 e. The molecular formula is C9H2ClF5N2O2. The number of nitriles is 1. The molecule has 0 aromatic carbocycles. The van der Waals surface area contributed by atoms with Crippen LogP contribution in [0.1, 0.15) is 21.6 Å². The Morgan fingerprint density at radius 1 is 1.37 bits per heavy atom. The maximum atomic E-state index is 13.1. The average Bonchev–Trinajstić information content (AvgIpc) is 2.26. The van der Waals surface area contributed by atoms with E-state index < -0.39 is 40.0 Å². The van der Waals surface area contributed by atoms with Crippen molar-refractivity contribution in [2.75, 3.05) is 0 Å². The van der Waals surface area contributed by atoms with E-state index in [0.29, 0.717) is 6.07 Å². The van der Waals surface area contributed by atoms with E-state index in [0.717, 1.165) is 0 Å². The molecule has 102 valence electrons. The van der Waals surface area contributed by atoms with Crippen molar-refractivity contribution in [2.45, 2.75) is 12.1 Å². The van der Waals surface area contributed by atoms with Crippen LogP contribution in [0.4, 0.5) is 22.0 Å². The molecule has 1 N–H and O–H groups in total. The minimum atomic E-state index is -6.04. The van der Waals surface area contributed by atoms with Crippen LogP contribution in [0.25, 0.3) is 0 Å². The van der Waals surface area contributed by atoms with Crippen LogP contribution in [-0.4, -0.2) is 22.2 Å². The second kappa shape index (κ2) is 4.62. The van der Waals surface area contributed by atoms with Gasteiger partial charge in [-0.05, 0) is 6.07 Å². The van der Waals surface area contributed by atoms with Gasteiger partial charge in [-0.15, -0.1) is 0 Å². The quantitative estimate of drug-likeness (QED) is 0.673. The molecule has 0 aliphatic rings. The van der Waals surface area contributed by atoms with E-state index in [-0.39, 0.29) is 0 Å². The van der Waals surface area contributed by atoms with Gasteiger partial charge >= 0.3 is 18.1 Å². The lowest BCUT2D eigenvalue weighted by atomic mass is 10.1. The zero-order valence-corrected chi connectivity index (χ0v) is 9.35. The molecule has 0 spiro atoms. The summed E-state index contributed by atoms with van der Waals surface area (Å²) >= 11 is 5.24. The number of carbonyl (C=O) groups is 1. The number of rotatable bonds is 2. The van der Waals surface area contributed by atoms with Gasteiger partial charge in [-0.2, -0.15) is 27.2 Å². The lowest BCUT2D eigenvalue weighted by molar-refractivity contribution is -0.291. The van der Waals surface area contributed by atoms with Crippen molar-refractivity contribution in [3.05, 3.63) is 28.0 Å². The van der Waals surface area contributed by atoms with E-state index in [1.54, 1.807) is 0 Å². The lowest BCUT2D eigenvalue weighted by Gasteiger charge is -2.20. The summed E-state index contributed by atoms with van der Waals surface area (Å²) in [5.41, 5.74) is -4.12. The molecule has 0 saturated carbocycles. The van der Waals surface area contributed by atoms with Crippen molar-refractivity contribution in [2.24, 2.45) is 0 Å². The molecule has 0 bridgehead atoms. The van der Waals surface area contributed by atoms with E-state index >= 15 is 0 Å². The van der Waals surface area contributed by atoms with Crippen LogP contribution in [0.5, 0.6) is 0 Å². The first-order chi connectivity index (χ1) is 8.52. The molecule has 0 atom stereocenters. The van der Waals surface area contributed by atoms with E-state index in [4.69, 9.17) is 22.0 Å². The summed E-state index contributed by atoms with van der Waals surface area (Å²) in [6.07, 6.45) is -6.04. The Labute approximate surface area is 107 Å². The number of aromatic carboxylic acids is 1. The highest BCUT2D eigenvalue weighted by molar-refractivity contribution is 6.30. The Morgan fingerprint density at radius 3 is 2.26 bits per heavy atom. The molecule has 0 fully saturated rings. The highest BCUT2D eigenvalue weighted by atomic mass is 35.5. The normalized spacial score (nSPS) is 12.1. The molecular weight excluding hydrogens is 299 g/mol. The van der Waals surface area contributed by atoms with Crippen molar-refractivity contribution in [1.82, 2.24) is 4.98 Å². The van der Waals surface area contributed by atoms with Crippen molar-refractivity contribution in [1.29, 1.82) is 5.26 Å². The molecule has 0 amide bonds. The van der Waals surface area contributed by atoms with E-state index in [9.17, 15) is 26.7 Å². The smallest absolute Gasteiger partial charge is 0.459 e. The number of nitrogens with zero attached hydrogens (tertiary/aromatic N) is 2. The first kappa shape index (κ1) is 15.1. The molecule has 1 heterocycles. The van der Waals surface area contributed by atoms with Gasteiger partial charge in [-0.25, -0.2) is 9.78 Å². The number of carboxylic acids is 1. The van der Waals surface area contributed by atoms with Crippen molar-refractivity contribution in [3.63, 3.8) is 0 Å². The van der Waals surface area contributed by atoms with Gasteiger partial charge in [0.15, 0.2) is 0 Å². The third-order valence-corrected chi connectivity index (χ3v) is 2.27. The van der Waals surface area contributed by atoms with Crippen molar-refractivity contribution < 1.29 is 31.9 Å². The molecule has 0 aliphatic heterocycles. The lowest BCUT2D eigenvalue weighted by Crippen LogP contribution is -2.36. The summed E-state index contributed by atoms with van der Waals surface area (Å²) in [7, 11) is 0. The van der Waals surface area contributed by atoms with Gasteiger partial charge in [0.2, 0.25) is 0 Å². The van der Waals surface area contributed by atoms with Crippen molar-refractivity contribution in [3.8, 4) is 6.07 Å². The fraction of sp³-hybridized carbons (Fsp3) is 0.222. The zero-order chi connectivity index (χ0) is 15.0. The van der Waals surface area contributed by atoms with Gasteiger partial charge in [0.1, 0.15) is 16.9 Å². The molecule has 19 heavy (non-hydrogen) atoms. The van der Waals surface area contributed by atoms with Gasteiger partial charge in [-0.3, -0.25) is 0 Å². The van der Waals surface area contributed by atoms with E-state index in [1.165, 1.54) is 6.07 Å². The summed E-state index contributed by atoms with van der Waals surface area (Å²) in [4.78, 5) is 13.4. The van der Waals surface area contributed by atoms with Crippen molar-refractivity contribution >= 4 is 17.6 Å². The fourth-order valence-electron chi connectivity index (χ4n) is 1.11. The molecule has 0 unspecified atom stereocenters. The highest BCUT2D eigenvalue weighted by Crippen LogP contribution is 2.44. The van der Waals surface area contributed by atoms with Crippen LogP contribution < -0.4 is 0 Å². The van der Waals surface area contributed by atoms with E-state index in [2.05, 4.69) is 4.98 Å². The fourth-order valence-corrected chi connectivity index (χ4v) is 1.29. The molecule has 1 rings (SSSR count). The maximum Gasteiger partial charge on any atom is 0.459 e. The van der Waals surface area contributed by atoms with Gasteiger partial charge in [0.05, 0.1) is 11.1 Å². The van der Waals surface area contributed by atoms with Crippen LogP contribution in [-0.2, 0) is 5.92 Å². The van der Waals surface area contributed by atoms with Gasteiger partial charge < -0.3 is 5.11 Å². The molecule has 1 aromatic heterocycles. The molecule has 4 nitrogen and oxygen atoms in total. The van der Waals surface area contributed by atoms with E-state index in [1.807, 2.05) is 0 Å². The number of carboxylic acid groups (broad SMARTS) is 1. The topological polar surface area (TPSA) is 74.0 Å². The predicted molar refractivity (Wildman–Crippen MR) is 50.9 cm³/mol. The third kappa shape index (κ3) is 2.58. The molecule has 1 aromatic rings. The predicted octanol–water partition coefficient (Wildman–Crippen LogP) is 2.96. The number of halogens is 6. The van der Waals surface area contributed by atoms with Crippen LogP contribution in [0, 0.1) is 11.3 Å². The summed E-state index contributed by atoms with van der Waals surface area (Å²) in [5.74, 6) is -7.59. The van der Waals surface area contributed by atoms with Crippen LogP contribution in [0.15, 0.2) is 6.07 Å². The number of hydrogen-bond donors (Lipinski definition) is 1. The Hall–Kier alpha value is -1.95. The minimum Gasteiger partial charge on any atom is -0.478 e. The van der Waals surface area contributed by atoms with Crippen LogP contribution in [0.3, 0.4) is 0 Å². The van der Waals surface area contributed by atoms with Crippen LogP contribution in [0.2, 0.25) is 5.15 Å². The van der Waals surface area contributed by atoms with Gasteiger partial charge in [-0.1, -0.05) is 11.6 Å². The number of pyridine rings is 1. The Kier molecular flexibility index (Phi) is 3.67. The standard InChI is InChI=1S/C9H2ClF5N2O2/c10-6-3(2-16)1-4(7(18)19)5(17-6)8(11,12)9(13,14)15/h1H,(H,18,19). The van der Waals surface area contributed by atoms with Crippen LogP contribution >= 0.6 is 11.6 Å². The third-order valence-electron chi connectivity index (χ3n) is 1.98. The Balaban J connectivity index is 3.65. The monoisotopic (exact) mass is 300 g/mol. The number of aromatic nitrogens is 1. The second-order valence-corrected chi connectivity index (χ2v) is 3.57. The van der Waals surface area contributed by atoms with Gasteiger partial charge in [0.25, 0.3) is 0 Å². The summed E-state index contributed by atoms with van der Waals surface area (Å²) < 4.78 is 62.8. The first-order valence-electron chi connectivity index (χ1n) is 4.31. The van der Waals surface area contributed by atoms with Gasteiger partial charge in [0, 0.05) is 0 Å². The summed E-state index contributed by atoms with van der Waals surface area (Å²) in [6, 6.07) is 1.64. The number of alkyl halides is 5. The average molecular weight is 301 g/mol. The Bertz CT molecular complexity index is 579. The maximum absolute atomic E-state index is 13.1. The molecule has 0 saturated heterocycles. The highest BCUT2D eigenvalue weighted by Gasteiger charge is 2.61. The zero-order valence-electron chi connectivity index (χ0n) is 8.60. The first-order valence-corrected chi connectivity index (χ1v) is 4.69. The second-order valence-electron chi connectivity index (χ2n) is 3.21. The number of hydrogen-bond acceptors (Lipinski definition) is 3. The molecule has 10 heteroatoms. The Morgan fingerprint density at radius 2 is 1.89 bits per heavy atom. The minimum absolute atomic E-state index is 0.312. The SMILES string of the molecule is N#Cc1cc(C(=O)O)c(C(F)(F)C(F)(F)F)nc1Cl. The summed E-state index contributed by atoms with van der Waals surface area (Å²) in [6.45, 7) is 0. The summed E-state index contributed by atoms with van der Waals surface area (Å²) in [5, 5.41) is 16.2. The molecule has 0 radical (unpaired) electrons. The molecule has 0 aliphatic carbocycles.